The number of halogens is 3. The van der Waals surface area contributed by atoms with Crippen LogP contribution >= 0.6 is 39.7 Å². The minimum Gasteiger partial charge on any atom is -0.488 e. The molecule has 1 aromatic heterocycles. The quantitative estimate of drug-likeness (QED) is 0.651. The zero-order valence-electron chi connectivity index (χ0n) is 10.1. The second kappa shape index (κ2) is 6.47. The summed E-state index contributed by atoms with van der Waals surface area (Å²) in [6.07, 6.45) is 1.59. The van der Waals surface area contributed by atoms with Gasteiger partial charge in [0.1, 0.15) is 28.9 Å². The van der Waals surface area contributed by atoms with Gasteiger partial charge in [0.05, 0.1) is 9.50 Å². The van der Waals surface area contributed by atoms with Crippen molar-refractivity contribution >= 4 is 44.7 Å². The van der Waals surface area contributed by atoms with Crippen molar-refractivity contribution in [2.75, 3.05) is 0 Å². The first-order valence-electron chi connectivity index (χ1n) is 5.50. The van der Waals surface area contributed by atoms with E-state index >= 15 is 0 Å². The summed E-state index contributed by atoms with van der Waals surface area (Å²) in [4.78, 5) is 4.28. The van der Waals surface area contributed by atoms with Gasteiger partial charge in [0.25, 0.3) is 0 Å². The van der Waals surface area contributed by atoms with E-state index in [9.17, 15) is 4.39 Å². The van der Waals surface area contributed by atoms with Gasteiger partial charge in [-0.25, -0.2) is 4.39 Å². The fourth-order valence-electron chi connectivity index (χ4n) is 1.55. The largest absolute Gasteiger partial charge is 0.488 e. The van der Waals surface area contributed by atoms with Crippen LogP contribution in [-0.4, -0.2) is 9.97 Å². The predicted molar refractivity (Wildman–Crippen MR) is 83.6 cm³/mol. The number of nitrogens with two attached hydrogens (primary N) is 1. The first kappa shape index (κ1) is 15.2. The van der Waals surface area contributed by atoms with Crippen LogP contribution in [0.2, 0.25) is 5.02 Å². The minimum absolute atomic E-state index is 0.0226. The number of aromatic nitrogens is 1. The maximum Gasteiger partial charge on any atom is 0.145 e. The molecule has 0 atom stereocenters. The van der Waals surface area contributed by atoms with Crippen LogP contribution in [0.15, 0.2) is 34.9 Å². The Balaban J connectivity index is 2.21. The number of hydrogen-bond donors (Lipinski definition) is 1. The summed E-state index contributed by atoms with van der Waals surface area (Å²) in [6.45, 7) is 0.167. The molecule has 0 fully saturated rings. The third-order valence-electron chi connectivity index (χ3n) is 2.48. The first-order valence-corrected chi connectivity index (χ1v) is 7.08. The molecule has 0 saturated heterocycles. The Morgan fingerprint density at radius 3 is 2.95 bits per heavy atom. The number of rotatable bonds is 4. The number of hydrogen-bond acceptors (Lipinski definition) is 3. The second-order valence-electron chi connectivity index (χ2n) is 3.86. The Morgan fingerprint density at radius 1 is 1.50 bits per heavy atom. The molecule has 104 valence electrons. The van der Waals surface area contributed by atoms with Gasteiger partial charge in [-0.2, -0.15) is 0 Å². The molecule has 0 aliphatic heterocycles. The van der Waals surface area contributed by atoms with E-state index in [-0.39, 0.29) is 16.6 Å². The van der Waals surface area contributed by atoms with Crippen LogP contribution < -0.4 is 10.5 Å². The molecular formula is C13H9BrClFN2OS. The SMILES string of the molecule is NC(=S)c1ncccc1COc1cc(F)c(Cl)cc1Br. The van der Waals surface area contributed by atoms with Crippen LogP contribution in [0.3, 0.4) is 0 Å². The van der Waals surface area contributed by atoms with Gasteiger partial charge in [-0.15, -0.1) is 0 Å². The highest BCUT2D eigenvalue weighted by atomic mass is 79.9. The van der Waals surface area contributed by atoms with Crippen LogP contribution in [0.4, 0.5) is 4.39 Å². The Morgan fingerprint density at radius 2 is 2.25 bits per heavy atom. The fourth-order valence-corrected chi connectivity index (χ4v) is 2.48. The molecule has 2 N–H and O–H groups in total. The molecule has 0 aliphatic rings. The van der Waals surface area contributed by atoms with E-state index in [0.717, 1.165) is 5.56 Å². The Bertz CT molecular complexity index is 669. The monoisotopic (exact) mass is 374 g/mol. The van der Waals surface area contributed by atoms with Crippen LogP contribution in [0.5, 0.6) is 5.75 Å². The highest BCUT2D eigenvalue weighted by molar-refractivity contribution is 9.10. The van der Waals surface area contributed by atoms with E-state index in [0.29, 0.717) is 15.9 Å². The lowest BCUT2D eigenvalue weighted by molar-refractivity contribution is 0.302. The van der Waals surface area contributed by atoms with Crippen molar-refractivity contribution in [3.8, 4) is 5.75 Å². The van der Waals surface area contributed by atoms with Crippen LogP contribution in [0.25, 0.3) is 0 Å². The van der Waals surface area contributed by atoms with Crippen LogP contribution in [-0.2, 0) is 6.61 Å². The van der Waals surface area contributed by atoms with E-state index in [2.05, 4.69) is 20.9 Å². The second-order valence-corrected chi connectivity index (χ2v) is 5.56. The third kappa shape index (κ3) is 3.45. The molecule has 1 aromatic carbocycles. The lowest BCUT2D eigenvalue weighted by atomic mass is 10.2. The number of benzene rings is 1. The molecule has 0 radical (unpaired) electrons. The van der Waals surface area contributed by atoms with Gasteiger partial charge < -0.3 is 10.5 Å². The first-order chi connectivity index (χ1) is 9.49. The fraction of sp³-hybridized carbons (Fsp3) is 0.0769. The molecule has 0 aliphatic carbocycles. The average Bonchev–Trinajstić information content (AvgIpc) is 2.41. The third-order valence-corrected chi connectivity index (χ3v) is 3.59. The lowest BCUT2D eigenvalue weighted by Crippen LogP contribution is -2.15. The Labute approximate surface area is 134 Å². The van der Waals surface area contributed by atoms with Gasteiger partial charge in [-0.3, -0.25) is 4.98 Å². The summed E-state index contributed by atoms with van der Waals surface area (Å²) in [5.74, 6) is -0.213. The standard InChI is InChI=1S/C13H9BrClFN2OS/c14-8-4-9(15)10(16)5-11(8)19-6-7-2-1-3-18-12(7)13(17)20/h1-5H,6H2,(H2,17,20). The van der Waals surface area contributed by atoms with E-state index in [1.54, 1.807) is 18.3 Å². The van der Waals surface area contributed by atoms with Gasteiger partial charge in [0.15, 0.2) is 0 Å². The smallest absolute Gasteiger partial charge is 0.145 e. The molecule has 0 amide bonds. The summed E-state index contributed by atoms with van der Waals surface area (Å²) < 4.78 is 19.5. The molecule has 0 bridgehead atoms. The molecule has 2 aromatic rings. The highest BCUT2D eigenvalue weighted by Gasteiger charge is 2.10. The Kier molecular flexibility index (Phi) is 4.91. The van der Waals surface area contributed by atoms with Crippen molar-refractivity contribution in [1.82, 2.24) is 4.98 Å². The molecule has 0 unspecified atom stereocenters. The van der Waals surface area contributed by atoms with Crippen molar-refractivity contribution in [2.24, 2.45) is 5.73 Å². The Hall–Kier alpha value is -1.24. The van der Waals surface area contributed by atoms with Gasteiger partial charge in [-0.05, 0) is 28.1 Å². The number of ether oxygens (including phenoxy) is 1. The normalized spacial score (nSPS) is 10.3. The molecule has 7 heteroatoms. The minimum atomic E-state index is -0.550. The van der Waals surface area contributed by atoms with Gasteiger partial charge in [0.2, 0.25) is 0 Å². The average molecular weight is 376 g/mol. The maximum atomic E-state index is 13.4. The number of thiocarbonyl (C=S) groups is 1. The number of pyridine rings is 1. The van der Waals surface area contributed by atoms with E-state index in [1.165, 1.54) is 12.1 Å². The molecule has 0 spiro atoms. The molecule has 1 heterocycles. The van der Waals surface area contributed by atoms with Crippen molar-refractivity contribution < 1.29 is 9.13 Å². The zero-order chi connectivity index (χ0) is 14.7. The van der Waals surface area contributed by atoms with Crippen molar-refractivity contribution in [3.05, 3.63) is 57.0 Å². The van der Waals surface area contributed by atoms with E-state index < -0.39 is 5.82 Å². The van der Waals surface area contributed by atoms with Gasteiger partial charge >= 0.3 is 0 Å². The summed E-state index contributed by atoms with van der Waals surface area (Å²) in [5.41, 5.74) is 6.80. The van der Waals surface area contributed by atoms with E-state index in [4.69, 9.17) is 34.3 Å². The summed E-state index contributed by atoms with van der Waals surface area (Å²) in [7, 11) is 0. The summed E-state index contributed by atoms with van der Waals surface area (Å²) >= 11 is 13.8. The molecular weight excluding hydrogens is 367 g/mol. The molecule has 3 nitrogen and oxygen atoms in total. The zero-order valence-corrected chi connectivity index (χ0v) is 13.2. The molecule has 0 saturated carbocycles. The molecule has 2 rings (SSSR count). The van der Waals surface area contributed by atoms with Crippen molar-refractivity contribution in [3.63, 3.8) is 0 Å². The lowest BCUT2D eigenvalue weighted by Gasteiger charge is -2.11. The van der Waals surface area contributed by atoms with Crippen molar-refractivity contribution in [1.29, 1.82) is 0 Å². The van der Waals surface area contributed by atoms with Crippen LogP contribution in [0, 0.1) is 5.82 Å². The van der Waals surface area contributed by atoms with Crippen LogP contribution in [0.1, 0.15) is 11.3 Å². The highest BCUT2D eigenvalue weighted by Crippen LogP contribution is 2.31. The van der Waals surface area contributed by atoms with Gasteiger partial charge in [0, 0.05) is 17.8 Å². The van der Waals surface area contributed by atoms with Gasteiger partial charge in [-0.1, -0.05) is 29.9 Å². The topological polar surface area (TPSA) is 48.1 Å². The van der Waals surface area contributed by atoms with Crippen molar-refractivity contribution in [2.45, 2.75) is 6.61 Å². The van der Waals surface area contributed by atoms with E-state index in [1.807, 2.05) is 0 Å². The molecule has 20 heavy (non-hydrogen) atoms. The summed E-state index contributed by atoms with van der Waals surface area (Å²) in [5, 5.41) is 0.0226. The maximum absolute atomic E-state index is 13.4. The summed E-state index contributed by atoms with van der Waals surface area (Å²) in [6, 6.07) is 6.19. The number of nitrogens with zero attached hydrogens (tertiary/aromatic N) is 1. The predicted octanol–water partition coefficient (Wildman–Crippen LogP) is 3.85.